The van der Waals surface area contributed by atoms with Crippen LogP contribution >= 0.6 is 0 Å². The van der Waals surface area contributed by atoms with Crippen LogP contribution in [0.2, 0.25) is 0 Å². The molecule has 0 aromatic heterocycles. The van der Waals surface area contributed by atoms with E-state index in [4.69, 9.17) is 9.47 Å². The molecule has 0 radical (unpaired) electrons. The van der Waals surface area contributed by atoms with Gasteiger partial charge in [-0.05, 0) is 68.1 Å². The molecular formula is C20H32F2O2. The SMILES string of the molecule is COC1CCC2C3CCC(C4CCC(C)CC4)C(F)C3OC2C1F. The van der Waals surface area contributed by atoms with Crippen LogP contribution in [0.15, 0.2) is 0 Å². The lowest BCUT2D eigenvalue weighted by molar-refractivity contribution is -0.115. The van der Waals surface area contributed by atoms with Gasteiger partial charge in [0.1, 0.15) is 6.17 Å². The number of fused-ring (bicyclic) bond motifs is 3. The molecule has 3 aliphatic carbocycles. The van der Waals surface area contributed by atoms with Crippen molar-refractivity contribution in [2.24, 2.45) is 29.6 Å². The van der Waals surface area contributed by atoms with Crippen molar-refractivity contribution in [3.8, 4) is 0 Å². The van der Waals surface area contributed by atoms with E-state index in [1.165, 1.54) is 12.8 Å². The van der Waals surface area contributed by atoms with Gasteiger partial charge in [-0.15, -0.1) is 0 Å². The Balaban J connectivity index is 1.45. The molecule has 0 aromatic carbocycles. The van der Waals surface area contributed by atoms with Crippen molar-refractivity contribution in [2.75, 3.05) is 7.11 Å². The number of hydrogen-bond donors (Lipinski definition) is 0. The molecule has 4 aliphatic rings. The molecule has 0 N–H and O–H groups in total. The minimum Gasteiger partial charge on any atom is -0.378 e. The average Bonchev–Trinajstić information content (AvgIpc) is 2.97. The lowest BCUT2D eigenvalue weighted by Crippen LogP contribution is -2.44. The third-order valence-electron chi connectivity index (χ3n) is 7.69. The van der Waals surface area contributed by atoms with Gasteiger partial charge in [0.15, 0.2) is 6.17 Å². The molecule has 1 heterocycles. The molecule has 0 bridgehead atoms. The quantitative estimate of drug-likeness (QED) is 0.724. The smallest absolute Gasteiger partial charge is 0.152 e. The van der Waals surface area contributed by atoms with Gasteiger partial charge in [0.2, 0.25) is 0 Å². The second-order valence-electron chi connectivity index (χ2n) is 8.89. The van der Waals surface area contributed by atoms with Gasteiger partial charge < -0.3 is 9.47 Å². The van der Waals surface area contributed by atoms with Gasteiger partial charge >= 0.3 is 0 Å². The topological polar surface area (TPSA) is 18.5 Å². The highest BCUT2D eigenvalue weighted by atomic mass is 19.1. The molecule has 1 aliphatic heterocycles. The predicted molar refractivity (Wildman–Crippen MR) is 89.3 cm³/mol. The van der Waals surface area contributed by atoms with E-state index < -0.39 is 18.4 Å². The van der Waals surface area contributed by atoms with E-state index in [0.29, 0.717) is 5.92 Å². The standard InChI is InChI=1S/C20H32F2O2/c1-11-3-5-12(6-4-11)13-7-8-14-15-9-10-16(23-2)18(22)20(15)24-19(14)17(13)21/h11-20H,3-10H2,1-2H3. The first-order valence-corrected chi connectivity index (χ1v) is 10.1. The highest BCUT2D eigenvalue weighted by molar-refractivity contribution is 5.05. The van der Waals surface area contributed by atoms with Gasteiger partial charge in [-0.2, -0.15) is 0 Å². The van der Waals surface area contributed by atoms with Crippen LogP contribution in [0.25, 0.3) is 0 Å². The highest BCUT2D eigenvalue weighted by Crippen LogP contribution is 2.52. The number of alkyl halides is 2. The minimum atomic E-state index is -1.10. The zero-order chi connectivity index (χ0) is 16.8. The number of methoxy groups -OCH3 is 1. The first kappa shape index (κ1) is 17.2. The van der Waals surface area contributed by atoms with E-state index in [2.05, 4.69) is 6.92 Å². The second-order valence-corrected chi connectivity index (χ2v) is 8.89. The number of halogens is 2. The average molecular weight is 342 g/mol. The molecule has 3 saturated carbocycles. The Morgan fingerprint density at radius 1 is 0.750 bits per heavy atom. The maximum absolute atomic E-state index is 15.4. The van der Waals surface area contributed by atoms with Crippen LogP contribution in [0.4, 0.5) is 8.78 Å². The molecule has 2 nitrogen and oxygen atoms in total. The summed E-state index contributed by atoms with van der Waals surface area (Å²) in [5.74, 6) is 1.85. The van der Waals surface area contributed by atoms with Crippen molar-refractivity contribution < 1.29 is 18.3 Å². The Morgan fingerprint density at radius 3 is 2.00 bits per heavy atom. The summed E-state index contributed by atoms with van der Waals surface area (Å²) in [4.78, 5) is 0. The molecule has 8 unspecified atom stereocenters. The third-order valence-corrected chi connectivity index (χ3v) is 7.69. The zero-order valence-electron chi connectivity index (χ0n) is 15.0. The van der Waals surface area contributed by atoms with Crippen LogP contribution in [0, 0.1) is 29.6 Å². The Morgan fingerprint density at radius 2 is 1.33 bits per heavy atom. The lowest BCUT2D eigenvalue weighted by atomic mass is 9.64. The third kappa shape index (κ3) is 2.82. The summed E-state index contributed by atoms with van der Waals surface area (Å²) in [6.45, 7) is 2.30. The van der Waals surface area contributed by atoms with E-state index in [1.54, 1.807) is 7.11 Å². The van der Waals surface area contributed by atoms with Crippen LogP contribution in [0.1, 0.15) is 58.3 Å². The number of hydrogen-bond acceptors (Lipinski definition) is 2. The van der Waals surface area contributed by atoms with Crippen molar-refractivity contribution in [1.82, 2.24) is 0 Å². The van der Waals surface area contributed by atoms with E-state index in [0.717, 1.165) is 44.4 Å². The van der Waals surface area contributed by atoms with Crippen molar-refractivity contribution >= 4 is 0 Å². The molecule has 1 saturated heterocycles. The van der Waals surface area contributed by atoms with Crippen LogP contribution in [-0.4, -0.2) is 37.8 Å². The van der Waals surface area contributed by atoms with Crippen LogP contribution < -0.4 is 0 Å². The van der Waals surface area contributed by atoms with E-state index >= 15 is 4.39 Å². The molecule has 0 spiro atoms. The highest BCUT2D eigenvalue weighted by Gasteiger charge is 2.57. The summed E-state index contributed by atoms with van der Waals surface area (Å²) in [7, 11) is 1.57. The van der Waals surface area contributed by atoms with Crippen molar-refractivity contribution in [3.63, 3.8) is 0 Å². The number of rotatable bonds is 2. The Labute approximate surface area is 144 Å². The molecule has 4 rings (SSSR count). The van der Waals surface area contributed by atoms with Crippen LogP contribution in [-0.2, 0) is 9.47 Å². The summed E-state index contributed by atoms with van der Waals surface area (Å²) in [5.41, 5.74) is 0. The maximum atomic E-state index is 15.4. The molecular weight excluding hydrogens is 310 g/mol. The van der Waals surface area contributed by atoms with Gasteiger partial charge in [0, 0.05) is 7.11 Å². The zero-order valence-corrected chi connectivity index (χ0v) is 15.0. The minimum absolute atomic E-state index is 0.134. The molecule has 4 fully saturated rings. The van der Waals surface area contributed by atoms with Gasteiger partial charge in [-0.1, -0.05) is 19.8 Å². The predicted octanol–water partition coefficient (Wildman–Crippen LogP) is 4.71. The first-order valence-electron chi connectivity index (χ1n) is 10.1. The van der Waals surface area contributed by atoms with E-state index in [-0.39, 0.29) is 30.0 Å². The molecule has 0 amide bonds. The Kier molecular flexibility index (Phi) is 4.90. The van der Waals surface area contributed by atoms with Gasteiger partial charge in [-0.3, -0.25) is 0 Å². The maximum Gasteiger partial charge on any atom is 0.152 e. The summed E-state index contributed by atoms with van der Waals surface area (Å²) >= 11 is 0. The van der Waals surface area contributed by atoms with Gasteiger partial charge in [-0.25, -0.2) is 8.78 Å². The molecule has 8 atom stereocenters. The summed E-state index contributed by atoms with van der Waals surface area (Å²) in [5, 5.41) is 0. The molecule has 138 valence electrons. The van der Waals surface area contributed by atoms with E-state index in [1.807, 2.05) is 0 Å². The molecule has 4 heteroatoms. The summed E-state index contributed by atoms with van der Waals surface area (Å²) in [6.07, 6.45) is 5.26. The Bertz CT molecular complexity index is 437. The van der Waals surface area contributed by atoms with E-state index in [9.17, 15) is 4.39 Å². The fraction of sp³-hybridized carbons (Fsp3) is 1.00. The van der Waals surface area contributed by atoms with Crippen LogP contribution in [0.5, 0.6) is 0 Å². The van der Waals surface area contributed by atoms with Crippen LogP contribution in [0.3, 0.4) is 0 Å². The first-order chi connectivity index (χ1) is 11.6. The lowest BCUT2D eigenvalue weighted by Gasteiger charge is -2.42. The summed E-state index contributed by atoms with van der Waals surface area (Å²) in [6, 6.07) is 0. The van der Waals surface area contributed by atoms with Crippen molar-refractivity contribution in [1.29, 1.82) is 0 Å². The monoisotopic (exact) mass is 342 g/mol. The van der Waals surface area contributed by atoms with Crippen molar-refractivity contribution in [3.05, 3.63) is 0 Å². The molecule has 24 heavy (non-hydrogen) atoms. The van der Waals surface area contributed by atoms with Gasteiger partial charge in [0.25, 0.3) is 0 Å². The van der Waals surface area contributed by atoms with Crippen molar-refractivity contribution in [2.45, 2.75) is 88.9 Å². The fourth-order valence-corrected chi connectivity index (χ4v) is 6.22. The number of ether oxygens (including phenoxy) is 2. The largest absolute Gasteiger partial charge is 0.378 e. The van der Waals surface area contributed by atoms with Gasteiger partial charge in [0.05, 0.1) is 18.3 Å². The normalized spacial score (nSPS) is 55.0. The Hall–Kier alpha value is -0.220. The molecule has 0 aromatic rings. The summed E-state index contributed by atoms with van der Waals surface area (Å²) < 4.78 is 41.4. The second kappa shape index (κ2) is 6.83. The fourth-order valence-electron chi connectivity index (χ4n) is 6.22.